The number of amides is 1. The normalized spacial score (nSPS) is 12.4. The summed E-state index contributed by atoms with van der Waals surface area (Å²) < 4.78 is 15.8. The monoisotopic (exact) mass is 410 g/mol. The third-order valence-corrected chi connectivity index (χ3v) is 5.53. The quantitative estimate of drug-likeness (QED) is 0.732. The lowest BCUT2D eigenvalue weighted by molar-refractivity contribution is -0.114. The van der Waals surface area contributed by atoms with E-state index in [1.165, 1.54) is 18.4 Å². The first-order valence-corrected chi connectivity index (χ1v) is 9.41. The highest BCUT2D eigenvalue weighted by Crippen LogP contribution is 2.38. The van der Waals surface area contributed by atoms with Gasteiger partial charge in [-0.1, -0.05) is 11.6 Å². The van der Waals surface area contributed by atoms with E-state index in [9.17, 15) is 9.59 Å². The highest BCUT2D eigenvalue weighted by atomic mass is 35.5. The number of halogens is 1. The number of rotatable bonds is 5. The number of esters is 1. The van der Waals surface area contributed by atoms with Crippen LogP contribution >= 0.6 is 22.9 Å². The fourth-order valence-electron chi connectivity index (χ4n) is 2.61. The molecule has 27 heavy (non-hydrogen) atoms. The number of fused-ring (bicyclic) bond motifs is 1. The molecule has 0 saturated carbocycles. The molecule has 0 unspecified atom stereocenters. The minimum Gasteiger partial charge on any atom is -0.486 e. The zero-order valence-corrected chi connectivity index (χ0v) is 16.7. The van der Waals surface area contributed by atoms with Crippen LogP contribution in [0.25, 0.3) is 0 Å². The molecule has 0 fully saturated rings. The van der Waals surface area contributed by atoms with Crippen LogP contribution in [0.5, 0.6) is 11.5 Å². The van der Waals surface area contributed by atoms with Gasteiger partial charge in [0.2, 0.25) is 5.91 Å². The minimum atomic E-state index is -0.477. The molecule has 0 radical (unpaired) electrons. The van der Waals surface area contributed by atoms with Crippen LogP contribution in [0.3, 0.4) is 0 Å². The Morgan fingerprint density at radius 2 is 1.89 bits per heavy atom. The number of thiophene rings is 1. The maximum atomic E-state index is 12.4. The average Bonchev–Trinajstić information content (AvgIpc) is 2.92. The largest absolute Gasteiger partial charge is 0.486 e. The minimum absolute atomic E-state index is 0.0318. The number of carbonyl (C=O) groups excluding carboxylic acids is 2. The Morgan fingerprint density at radius 3 is 2.56 bits per heavy atom. The number of ether oxygens (including phenoxy) is 3. The molecule has 144 valence electrons. The Kier molecular flexibility index (Phi) is 5.76. The Labute approximate surface area is 165 Å². The summed E-state index contributed by atoms with van der Waals surface area (Å²) in [5.41, 5.74) is 1.73. The molecule has 7 nitrogen and oxygen atoms in total. The van der Waals surface area contributed by atoms with Gasteiger partial charge >= 0.3 is 5.97 Å². The third kappa shape index (κ3) is 4.12. The molecular weight excluding hydrogens is 392 g/mol. The summed E-state index contributed by atoms with van der Waals surface area (Å²) in [6, 6.07) is 3.35. The number of anilines is 2. The summed E-state index contributed by atoms with van der Waals surface area (Å²) >= 11 is 7.56. The second kappa shape index (κ2) is 8.06. The first kappa shape index (κ1) is 19.3. The van der Waals surface area contributed by atoms with Gasteiger partial charge < -0.3 is 24.8 Å². The first-order chi connectivity index (χ1) is 12.9. The highest BCUT2D eigenvalue weighted by molar-refractivity contribution is 7.16. The summed E-state index contributed by atoms with van der Waals surface area (Å²) in [7, 11) is 1.31. The average molecular weight is 411 g/mol. The van der Waals surface area contributed by atoms with Crippen molar-refractivity contribution < 1.29 is 23.8 Å². The molecule has 0 spiro atoms. The van der Waals surface area contributed by atoms with Crippen LogP contribution in [0.1, 0.15) is 20.8 Å². The van der Waals surface area contributed by atoms with Gasteiger partial charge in [0.25, 0.3) is 0 Å². The molecule has 2 aromatic rings. The summed E-state index contributed by atoms with van der Waals surface area (Å²) in [6.07, 6.45) is 0. The lowest BCUT2D eigenvalue weighted by Gasteiger charge is -2.20. The van der Waals surface area contributed by atoms with E-state index in [1.807, 2.05) is 13.8 Å². The van der Waals surface area contributed by atoms with Crippen molar-refractivity contribution in [2.24, 2.45) is 0 Å². The van der Waals surface area contributed by atoms with Gasteiger partial charge in [-0.15, -0.1) is 11.3 Å². The van der Waals surface area contributed by atoms with E-state index in [0.717, 1.165) is 10.4 Å². The van der Waals surface area contributed by atoms with Crippen LogP contribution in [-0.2, 0) is 9.53 Å². The smallest absolute Gasteiger partial charge is 0.341 e. The fraction of sp³-hybridized carbons (Fsp3) is 0.333. The van der Waals surface area contributed by atoms with E-state index in [1.54, 1.807) is 12.1 Å². The van der Waals surface area contributed by atoms with Gasteiger partial charge in [-0.3, -0.25) is 4.79 Å². The number of hydrogen-bond acceptors (Lipinski definition) is 7. The molecular formula is C18H19ClN2O5S. The molecule has 2 N–H and O–H groups in total. The maximum Gasteiger partial charge on any atom is 0.341 e. The molecule has 2 heterocycles. The van der Waals surface area contributed by atoms with E-state index in [4.69, 9.17) is 25.8 Å². The summed E-state index contributed by atoms with van der Waals surface area (Å²) in [4.78, 5) is 25.3. The van der Waals surface area contributed by atoms with Gasteiger partial charge in [0.05, 0.1) is 29.9 Å². The maximum absolute atomic E-state index is 12.4. The highest BCUT2D eigenvalue weighted by Gasteiger charge is 2.22. The van der Waals surface area contributed by atoms with Crippen LogP contribution in [0, 0.1) is 13.8 Å². The number of hydrogen-bond donors (Lipinski definition) is 2. The number of carbonyl (C=O) groups is 2. The SMILES string of the molecule is COC(=O)c1c(NC(=O)CNc2cc3c(cc2Cl)OCCO3)sc(C)c1C. The molecule has 1 aliphatic heterocycles. The molecule has 1 aromatic carbocycles. The standard InChI is InChI=1S/C18H19ClN2O5S/c1-9-10(2)27-17(16(9)18(23)24-3)21-15(22)8-20-12-7-14-13(6-11(12)19)25-4-5-26-14/h6-7,20H,4-5,8H2,1-3H3,(H,21,22). The van der Waals surface area contributed by atoms with Crippen LogP contribution in [0.4, 0.5) is 10.7 Å². The zero-order valence-electron chi connectivity index (χ0n) is 15.1. The molecule has 1 aromatic heterocycles. The van der Waals surface area contributed by atoms with Gasteiger partial charge in [-0.2, -0.15) is 0 Å². The molecule has 1 amide bonds. The Hall–Kier alpha value is -2.45. The van der Waals surface area contributed by atoms with E-state index >= 15 is 0 Å². The van der Waals surface area contributed by atoms with E-state index in [-0.39, 0.29) is 12.5 Å². The van der Waals surface area contributed by atoms with Crippen molar-refractivity contribution in [3.63, 3.8) is 0 Å². The van der Waals surface area contributed by atoms with Crippen molar-refractivity contribution in [1.29, 1.82) is 0 Å². The van der Waals surface area contributed by atoms with Gasteiger partial charge in [0.15, 0.2) is 11.5 Å². The Morgan fingerprint density at radius 1 is 1.22 bits per heavy atom. The predicted molar refractivity (Wildman–Crippen MR) is 105 cm³/mol. The van der Waals surface area contributed by atoms with Crippen molar-refractivity contribution in [3.05, 3.63) is 33.2 Å². The number of methoxy groups -OCH3 is 1. The number of nitrogens with one attached hydrogen (secondary N) is 2. The van der Waals surface area contributed by atoms with Crippen molar-refractivity contribution in [2.75, 3.05) is 37.5 Å². The van der Waals surface area contributed by atoms with E-state index in [0.29, 0.717) is 46.0 Å². The Balaban J connectivity index is 1.69. The molecule has 3 rings (SSSR count). The summed E-state index contributed by atoms with van der Waals surface area (Å²) in [5, 5.41) is 6.62. The van der Waals surface area contributed by atoms with Crippen molar-refractivity contribution >= 4 is 45.5 Å². The molecule has 0 saturated heterocycles. The zero-order chi connectivity index (χ0) is 19.6. The molecule has 0 atom stereocenters. The van der Waals surface area contributed by atoms with Crippen LogP contribution in [0.2, 0.25) is 5.02 Å². The molecule has 0 bridgehead atoms. The van der Waals surface area contributed by atoms with E-state index < -0.39 is 5.97 Å². The van der Waals surface area contributed by atoms with Gasteiger partial charge in [-0.25, -0.2) is 4.79 Å². The van der Waals surface area contributed by atoms with Gasteiger partial charge in [-0.05, 0) is 19.4 Å². The van der Waals surface area contributed by atoms with Gasteiger partial charge in [0.1, 0.15) is 18.2 Å². The van der Waals surface area contributed by atoms with E-state index in [2.05, 4.69) is 10.6 Å². The van der Waals surface area contributed by atoms with Crippen LogP contribution in [-0.4, -0.2) is 38.7 Å². The molecule has 0 aliphatic carbocycles. The van der Waals surface area contributed by atoms with Crippen LogP contribution in [0.15, 0.2) is 12.1 Å². The Bertz CT molecular complexity index is 896. The second-order valence-corrected chi connectivity index (χ2v) is 7.49. The predicted octanol–water partition coefficient (Wildman–Crippen LogP) is 3.63. The summed E-state index contributed by atoms with van der Waals surface area (Å²) in [6.45, 7) is 4.61. The van der Waals surface area contributed by atoms with Crippen molar-refractivity contribution in [3.8, 4) is 11.5 Å². The number of benzene rings is 1. The summed E-state index contributed by atoms with van der Waals surface area (Å²) in [5.74, 6) is 0.363. The lowest BCUT2D eigenvalue weighted by Crippen LogP contribution is -2.23. The number of aryl methyl sites for hydroxylation is 1. The first-order valence-electron chi connectivity index (χ1n) is 8.22. The molecule has 1 aliphatic rings. The van der Waals surface area contributed by atoms with Gasteiger partial charge in [0, 0.05) is 17.0 Å². The van der Waals surface area contributed by atoms with Crippen molar-refractivity contribution in [2.45, 2.75) is 13.8 Å². The third-order valence-electron chi connectivity index (χ3n) is 4.10. The second-order valence-electron chi connectivity index (χ2n) is 5.86. The molecule has 9 heteroatoms. The topological polar surface area (TPSA) is 85.9 Å². The van der Waals surface area contributed by atoms with Crippen LogP contribution < -0.4 is 20.1 Å². The lowest BCUT2D eigenvalue weighted by atomic mass is 10.1. The fourth-order valence-corrected chi connectivity index (χ4v) is 3.89. The van der Waals surface area contributed by atoms with Crippen molar-refractivity contribution in [1.82, 2.24) is 0 Å².